The fourth-order valence-corrected chi connectivity index (χ4v) is 2.33. The number of rotatable bonds is 6. The van der Waals surface area contributed by atoms with Crippen LogP contribution in [-0.2, 0) is 6.18 Å². The van der Waals surface area contributed by atoms with Gasteiger partial charge in [-0.05, 0) is 31.0 Å². The van der Waals surface area contributed by atoms with Gasteiger partial charge in [-0.1, -0.05) is 38.3 Å². The fraction of sp³-hybridized carbons (Fsp3) is 0.533. The third kappa shape index (κ3) is 4.23. The molecule has 1 unspecified atom stereocenters. The molecular weight excluding hydrogens is 289 g/mol. The molecule has 0 heterocycles. The van der Waals surface area contributed by atoms with Crippen LogP contribution in [0.25, 0.3) is 0 Å². The van der Waals surface area contributed by atoms with Crippen molar-refractivity contribution in [3.05, 3.63) is 34.3 Å². The van der Waals surface area contributed by atoms with Crippen LogP contribution in [0.3, 0.4) is 0 Å². The molecule has 5 heteroatoms. The first-order valence-corrected chi connectivity index (χ1v) is 7.10. The Balaban J connectivity index is 3.14. The summed E-state index contributed by atoms with van der Waals surface area (Å²) in [5, 5.41) is -0.0181. The lowest BCUT2D eigenvalue weighted by Crippen LogP contribution is -2.19. The van der Waals surface area contributed by atoms with E-state index in [-0.39, 0.29) is 16.5 Å². The van der Waals surface area contributed by atoms with E-state index in [1.54, 1.807) is 0 Å². The Kier molecular flexibility index (Phi) is 6.06. The smallest absolute Gasteiger partial charge is 0.294 e. The molecule has 0 radical (unpaired) electrons. The monoisotopic (exact) mass is 306 g/mol. The molecule has 112 valence electrons. The molecule has 0 bridgehead atoms. The number of carbonyl (C=O) groups excluding carboxylic acids is 1. The van der Waals surface area contributed by atoms with Gasteiger partial charge in [-0.25, -0.2) is 0 Å². The number of benzene rings is 1. The summed E-state index contributed by atoms with van der Waals surface area (Å²) in [4.78, 5) is 12.3. The summed E-state index contributed by atoms with van der Waals surface area (Å²) in [6.07, 6.45) is -1.67. The molecule has 1 atom stereocenters. The molecule has 0 aliphatic carbocycles. The summed E-state index contributed by atoms with van der Waals surface area (Å²) in [5.74, 6) is -0.804. The molecule has 1 aromatic carbocycles. The van der Waals surface area contributed by atoms with Gasteiger partial charge >= 0.3 is 6.18 Å². The second-order valence-electron chi connectivity index (χ2n) is 4.80. The molecule has 0 aliphatic rings. The molecule has 1 rings (SSSR count). The zero-order chi connectivity index (χ0) is 15.3. The number of Topliss-reactive ketones (excluding diaryl/α,β-unsaturated/α-hetero) is 1. The van der Waals surface area contributed by atoms with E-state index in [1.807, 2.05) is 13.8 Å². The molecule has 1 nitrogen and oxygen atoms in total. The summed E-state index contributed by atoms with van der Waals surface area (Å²) >= 11 is 5.61. The second kappa shape index (κ2) is 7.11. The van der Waals surface area contributed by atoms with Gasteiger partial charge in [0.15, 0.2) is 5.78 Å². The molecule has 0 saturated carbocycles. The van der Waals surface area contributed by atoms with Crippen LogP contribution in [0.5, 0.6) is 0 Å². The summed E-state index contributed by atoms with van der Waals surface area (Å²) in [5.41, 5.74) is -1.21. The van der Waals surface area contributed by atoms with Crippen LogP contribution in [0.2, 0.25) is 5.02 Å². The number of alkyl halides is 3. The molecule has 0 aromatic heterocycles. The van der Waals surface area contributed by atoms with Crippen LogP contribution in [0.15, 0.2) is 18.2 Å². The zero-order valence-electron chi connectivity index (χ0n) is 11.6. The molecule has 0 N–H and O–H groups in total. The van der Waals surface area contributed by atoms with Gasteiger partial charge in [0, 0.05) is 16.5 Å². The molecule has 0 aliphatic heterocycles. The SMILES string of the molecule is CCCCC(CC)C(=O)c1ccc(Cl)cc1C(F)(F)F. The average Bonchev–Trinajstić information content (AvgIpc) is 2.38. The van der Waals surface area contributed by atoms with Crippen molar-refractivity contribution >= 4 is 17.4 Å². The highest BCUT2D eigenvalue weighted by Gasteiger charge is 2.36. The van der Waals surface area contributed by atoms with E-state index >= 15 is 0 Å². The van der Waals surface area contributed by atoms with E-state index in [2.05, 4.69) is 0 Å². The first-order valence-electron chi connectivity index (χ1n) is 6.72. The number of unbranched alkanes of at least 4 members (excludes halogenated alkanes) is 1. The predicted octanol–water partition coefficient (Wildman–Crippen LogP) is 5.76. The zero-order valence-corrected chi connectivity index (χ0v) is 12.3. The van der Waals surface area contributed by atoms with Crippen LogP contribution < -0.4 is 0 Å². The highest BCUT2D eigenvalue weighted by molar-refractivity contribution is 6.30. The van der Waals surface area contributed by atoms with E-state index in [4.69, 9.17) is 11.6 Å². The van der Waals surface area contributed by atoms with Gasteiger partial charge in [0.2, 0.25) is 0 Å². The van der Waals surface area contributed by atoms with Crippen molar-refractivity contribution < 1.29 is 18.0 Å². The first-order chi connectivity index (χ1) is 9.31. The Morgan fingerprint density at radius 3 is 2.45 bits per heavy atom. The van der Waals surface area contributed by atoms with Crippen molar-refractivity contribution in [2.45, 2.75) is 45.7 Å². The maximum absolute atomic E-state index is 13.0. The van der Waals surface area contributed by atoms with Gasteiger partial charge in [-0.2, -0.15) is 13.2 Å². The second-order valence-corrected chi connectivity index (χ2v) is 5.24. The molecule has 0 saturated heterocycles. The lowest BCUT2D eigenvalue weighted by molar-refractivity contribution is -0.137. The van der Waals surface area contributed by atoms with Gasteiger partial charge in [0.1, 0.15) is 0 Å². The number of ketones is 1. The van der Waals surface area contributed by atoms with E-state index in [0.29, 0.717) is 12.8 Å². The average molecular weight is 307 g/mol. The number of hydrogen-bond donors (Lipinski definition) is 0. The third-order valence-corrected chi connectivity index (χ3v) is 3.56. The molecule has 0 fully saturated rings. The maximum Gasteiger partial charge on any atom is 0.417 e. The number of hydrogen-bond acceptors (Lipinski definition) is 1. The quantitative estimate of drug-likeness (QED) is 0.611. The minimum absolute atomic E-state index is 0.0181. The van der Waals surface area contributed by atoms with Crippen molar-refractivity contribution in [3.8, 4) is 0 Å². The standard InChI is InChI=1S/C15H18ClF3O/c1-3-5-6-10(4-2)14(20)12-8-7-11(16)9-13(12)15(17,18)19/h7-10H,3-6H2,1-2H3. The minimum Gasteiger partial charge on any atom is -0.294 e. The maximum atomic E-state index is 13.0. The van der Waals surface area contributed by atoms with E-state index in [1.165, 1.54) is 12.1 Å². The van der Waals surface area contributed by atoms with Crippen molar-refractivity contribution in [2.24, 2.45) is 5.92 Å². The van der Waals surface area contributed by atoms with Crippen LogP contribution in [0.4, 0.5) is 13.2 Å². The highest BCUT2D eigenvalue weighted by atomic mass is 35.5. The number of carbonyl (C=O) groups is 1. The van der Waals surface area contributed by atoms with Crippen molar-refractivity contribution in [1.82, 2.24) is 0 Å². The van der Waals surface area contributed by atoms with Gasteiger partial charge in [-0.3, -0.25) is 4.79 Å². The Bertz CT molecular complexity index is 469. The van der Waals surface area contributed by atoms with Crippen LogP contribution in [-0.4, -0.2) is 5.78 Å². The Morgan fingerprint density at radius 1 is 1.30 bits per heavy atom. The van der Waals surface area contributed by atoms with Crippen molar-refractivity contribution in [2.75, 3.05) is 0 Å². The first kappa shape index (κ1) is 17.0. The van der Waals surface area contributed by atoms with Gasteiger partial charge in [-0.15, -0.1) is 0 Å². The Hall–Kier alpha value is -1.03. The van der Waals surface area contributed by atoms with Crippen molar-refractivity contribution in [1.29, 1.82) is 0 Å². The summed E-state index contributed by atoms with van der Waals surface area (Å²) in [7, 11) is 0. The summed E-state index contributed by atoms with van der Waals surface area (Å²) in [6, 6.07) is 3.33. The Morgan fingerprint density at radius 2 is 1.95 bits per heavy atom. The Labute approximate surface area is 122 Å². The minimum atomic E-state index is -4.57. The highest BCUT2D eigenvalue weighted by Crippen LogP contribution is 2.35. The normalized spacial score (nSPS) is 13.3. The van der Waals surface area contributed by atoms with Crippen LogP contribution in [0, 0.1) is 5.92 Å². The number of halogens is 4. The van der Waals surface area contributed by atoms with Gasteiger partial charge < -0.3 is 0 Å². The molecular formula is C15H18ClF3O. The van der Waals surface area contributed by atoms with E-state index < -0.39 is 17.5 Å². The lowest BCUT2D eigenvalue weighted by Gasteiger charge is -2.17. The third-order valence-electron chi connectivity index (χ3n) is 3.32. The summed E-state index contributed by atoms with van der Waals surface area (Å²) < 4.78 is 39.0. The lowest BCUT2D eigenvalue weighted by atomic mass is 9.88. The van der Waals surface area contributed by atoms with Crippen LogP contribution >= 0.6 is 11.6 Å². The topological polar surface area (TPSA) is 17.1 Å². The van der Waals surface area contributed by atoms with Crippen molar-refractivity contribution in [3.63, 3.8) is 0 Å². The fourth-order valence-electron chi connectivity index (χ4n) is 2.16. The van der Waals surface area contributed by atoms with Crippen LogP contribution in [0.1, 0.15) is 55.5 Å². The predicted molar refractivity (Wildman–Crippen MR) is 74.1 cm³/mol. The van der Waals surface area contributed by atoms with Gasteiger partial charge in [0.05, 0.1) is 5.56 Å². The molecule has 0 amide bonds. The van der Waals surface area contributed by atoms with E-state index in [9.17, 15) is 18.0 Å². The van der Waals surface area contributed by atoms with E-state index in [0.717, 1.165) is 18.9 Å². The largest absolute Gasteiger partial charge is 0.417 e. The van der Waals surface area contributed by atoms with Gasteiger partial charge in [0.25, 0.3) is 0 Å². The molecule has 0 spiro atoms. The molecule has 1 aromatic rings. The summed E-state index contributed by atoms with van der Waals surface area (Å²) in [6.45, 7) is 3.81. The molecule has 20 heavy (non-hydrogen) atoms.